The van der Waals surface area contributed by atoms with E-state index in [1.165, 1.54) is 12.3 Å². The Morgan fingerprint density at radius 2 is 2.38 bits per heavy atom. The number of carbonyl (C=O) groups excluding carboxylic acids is 1. The average molecular weight is 199 g/mol. The average Bonchev–Trinajstić information content (AvgIpc) is 2.72. The molecule has 0 bridgehead atoms. The first-order valence-corrected chi connectivity index (χ1v) is 4.27. The summed E-state index contributed by atoms with van der Waals surface area (Å²) in [4.78, 5) is 11.6. The fraction of sp³-hybridized carbons (Fsp3) is 0.222. The lowest BCUT2D eigenvalue weighted by Crippen LogP contribution is -2.02. The molecule has 0 unspecified atom stereocenters. The number of furan rings is 1. The van der Waals surface area contributed by atoms with Gasteiger partial charge in [-0.15, -0.1) is 0 Å². The summed E-state index contributed by atoms with van der Waals surface area (Å²) in [6.07, 6.45) is 3.91. The number of Topliss-reactive ketones (excluding diaryl/α,β-unsaturated/α-hetero) is 1. The van der Waals surface area contributed by atoms with Gasteiger partial charge < -0.3 is 9.15 Å². The van der Waals surface area contributed by atoms with Crippen LogP contribution in [0.2, 0.25) is 5.22 Å². The highest BCUT2D eigenvalue weighted by Crippen LogP contribution is 2.22. The lowest BCUT2D eigenvalue weighted by molar-refractivity contribution is 0.0942. The Morgan fingerprint density at radius 3 is 2.92 bits per heavy atom. The molecule has 2 rings (SSSR count). The molecule has 1 aliphatic heterocycles. The second-order valence-corrected chi connectivity index (χ2v) is 2.99. The van der Waals surface area contributed by atoms with Crippen LogP contribution < -0.4 is 0 Å². The van der Waals surface area contributed by atoms with Gasteiger partial charge in [-0.3, -0.25) is 4.79 Å². The van der Waals surface area contributed by atoms with E-state index in [0.29, 0.717) is 17.9 Å². The molecule has 4 heteroatoms. The van der Waals surface area contributed by atoms with E-state index < -0.39 is 0 Å². The Balaban J connectivity index is 2.27. The SMILES string of the molecule is O=C(C1=CCCO1)c1ccoc1Cl. The van der Waals surface area contributed by atoms with Crippen LogP contribution in [0.15, 0.2) is 28.6 Å². The van der Waals surface area contributed by atoms with Gasteiger partial charge >= 0.3 is 0 Å². The third-order valence-corrected chi connectivity index (χ3v) is 2.08. The fourth-order valence-corrected chi connectivity index (χ4v) is 1.36. The molecule has 0 fully saturated rings. The van der Waals surface area contributed by atoms with E-state index in [1.807, 2.05) is 0 Å². The molecule has 2 heterocycles. The Labute approximate surface area is 79.9 Å². The number of ketones is 1. The summed E-state index contributed by atoms with van der Waals surface area (Å²) in [6.45, 7) is 0.566. The van der Waals surface area contributed by atoms with Gasteiger partial charge in [-0.05, 0) is 23.7 Å². The van der Waals surface area contributed by atoms with Gasteiger partial charge in [0.2, 0.25) is 11.0 Å². The van der Waals surface area contributed by atoms with Crippen molar-refractivity contribution in [3.63, 3.8) is 0 Å². The highest BCUT2D eigenvalue weighted by Gasteiger charge is 2.20. The van der Waals surface area contributed by atoms with E-state index in [9.17, 15) is 4.79 Å². The molecular formula is C9H7ClO3. The van der Waals surface area contributed by atoms with Crippen molar-refractivity contribution in [2.75, 3.05) is 6.61 Å². The van der Waals surface area contributed by atoms with E-state index in [1.54, 1.807) is 6.08 Å². The molecule has 0 amide bonds. The second kappa shape index (κ2) is 3.26. The molecule has 1 aromatic heterocycles. The van der Waals surface area contributed by atoms with Gasteiger partial charge in [-0.25, -0.2) is 0 Å². The van der Waals surface area contributed by atoms with Gasteiger partial charge in [0.05, 0.1) is 18.4 Å². The number of hydrogen-bond donors (Lipinski definition) is 0. The number of rotatable bonds is 2. The van der Waals surface area contributed by atoms with E-state index >= 15 is 0 Å². The van der Waals surface area contributed by atoms with Crippen molar-refractivity contribution in [3.05, 3.63) is 34.9 Å². The molecule has 0 radical (unpaired) electrons. The molecule has 0 atom stereocenters. The summed E-state index contributed by atoms with van der Waals surface area (Å²) in [5.74, 6) is 0.152. The lowest BCUT2D eigenvalue weighted by Gasteiger charge is -1.99. The van der Waals surface area contributed by atoms with Gasteiger partial charge in [-0.1, -0.05) is 0 Å². The summed E-state index contributed by atoms with van der Waals surface area (Å²) in [5.41, 5.74) is 0.356. The van der Waals surface area contributed by atoms with Crippen molar-refractivity contribution in [1.29, 1.82) is 0 Å². The summed E-state index contributed by atoms with van der Waals surface area (Å²) < 4.78 is 9.91. The van der Waals surface area contributed by atoms with Crippen molar-refractivity contribution in [3.8, 4) is 0 Å². The smallest absolute Gasteiger partial charge is 0.232 e. The molecule has 1 aromatic rings. The fourth-order valence-electron chi connectivity index (χ4n) is 1.16. The normalized spacial score (nSPS) is 15.3. The van der Waals surface area contributed by atoms with Crippen LogP contribution in [0.4, 0.5) is 0 Å². The Bertz CT molecular complexity index is 365. The summed E-state index contributed by atoms with van der Waals surface area (Å²) in [7, 11) is 0. The van der Waals surface area contributed by atoms with E-state index in [0.717, 1.165) is 6.42 Å². The van der Waals surface area contributed by atoms with Crippen molar-refractivity contribution < 1.29 is 13.9 Å². The zero-order valence-corrected chi connectivity index (χ0v) is 7.50. The van der Waals surface area contributed by atoms with Gasteiger partial charge in [0, 0.05) is 6.42 Å². The summed E-state index contributed by atoms with van der Waals surface area (Å²) in [6, 6.07) is 1.53. The van der Waals surface area contributed by atoms with Crippen molar-refractivity contribution in [2.45, 2.75) is 6.42 Å². The minimum absolute atomic E-state index is 0.112. The molecule has 3 nitrogen and oxygen atoms in total. The van der Waals surface area contributed by atoms with Crippen LogP contribution in [0.25, 0.3) is 0 Å². The lowest BCUT2D eigenvalue weighted by atomic mass is 10.2. The van der Waals surface area contributed by atoms with E-state index in [4.69, 9.17) is 20.8 Å². The highest BCUT2D eigenvalue weighted by atomic mass is 35.5. The molecule has 0 aliphatic carbocycles. The Kier molecular flexibility index (Phi) is 2.10. The van der Waals surface area contributed by atoms with Crippen LogP contribution in [-0.4, -0.2) is 12.4 Å². The number of hydrogen-bond acceptors (Lipinski definition) is 3. The monoisotopic (exact) mass is 198 g/mol. The van der Waals surface area contributed by atoms with Crippen LogP contribution in [-0.2, 0) is 4.74 Å². The minimum Gasteiger partial charge on any atom is -0.489 e. The number of allylic oxidation sites excluding steroid dienone is 1. The first-order chi connectivity index (χ1) is 6.29. The summed E-state index contributed by atoms with van der Waals surface area (Å²) >= 11 is 5.64. The Hall–Kier alpha value is -1.22. The third kappa shape index (κ3) is 1.47. The van der Waals surface area contributed by atoms with Crippen LogP contribution in [0.5, 0.6) is 0 Å². The molecule has 68 valence electrons. The zero-order valence-electron chi connectivity index (χ0n) is 6.75. The van der Waals surface area contributed by atoms with E-state index in [-0.39, 0.29) is 11.0 Å². The van der Waals surface area contributed by atoms with Crippen molar-refractivity contribution in [1.82, 2.24) is 0 Å². The molecule has 0 spiro atoms. The molecule has 0 N–H and O–H groups in total. The van der Waals surface area contributed by atoms with Gasteiger partial charge in [0.1, 0.15) is 0 Å². The molecule has 1 aliphatic rings. The molecule has 13 heavy (non-hydrogen) atoms. The van der Waals surface area contributed by atoms with Crippen molar-refractivity contribution in [2.24, 2.45) is 0 Å². The first kappa shape index (κ1) is 8.38. The number of ether oxygens (including phenoxy) is 1. The molecule has 0 saturated carbocycles. The summed E-state index contributed by atoms with van der Waals surface area (Å²) in [5, 5.41) is 0.112. The topological polar surface area (TPSA) is 39.4 Å². The first-order valence-electron chi connectivity index (χ1n) is 3.89. The van der Waals surface area contributed by atoms with Crippen LogP contribution in [0, 0.1) is 0 Å². The quantitative estimate of drug-likeness (QED) is 0.686. The second-order valence-electron chi connectivity index (χ2n) is 2.64. The predicted octanol–water partition coefficient (Wildman–Crippen LogP) is 2.42. The van der Waals surface area contributed by atoms with E-state index in [2.05, 4.69) is 0 Å². The maximum Gasteiger partial charge on any atom is 0.232 e. The number of carbonyl (C=O) groups is 1. The maximum atomic E-state index is 11.6. The molecular weight excluding hydrogens is 192 g/mol. The van der Waals surface area contributed by atoms with Crippen LogP contribution >= 0.6 is 11.6 Å². The highest BCUT2D eigenvalue weighted by molar-refractivity contribution is 6.33. The molecule has 0 saturated heterocycles. The van der Waals surface area contributed by atoms with Crippen LogP contribution in [0.3, 0.4) is 0 Å². The van der Waals surface area contributed by atoms with Crippen molar-refractivity contribution >= 4 is 17.4 Å². The zero-order chi connectivity index (χ0) is 9.26. The predicted molar refractivity (Wildman–Crippen MR) is 46.7 cm³/mol. The van der Waals surface area contributed by atoms with Gasteiger partial charge in [-0.2, -0.15) is 0 Å². The largest absolute Gasteiger partial charge is 0.489 e. The van der Waals surface area contributed by atoms with Gasteiger partial charge in [0.15, 0.2) is 5.76 Å². The molecule has 0 aromatic carbocycles. The van der Waals surface area contributed by atoms with Crippen LogP contribution in [0.1, 0.15) is 16.8 Å². The maximum absolute atomic E-state index is 11.6. The number of halogens is 1. The third-order valence-electron chi connectivity index (χ3n) is 1.79. The Morgan fingerprint density at radius 1 is 1.54 bits per heavy atom. The minimum atomic E-state index is -0.212. The standard InChI is InChI=1S/C9H7ClO3/c10-9-6(3-5-13-9)8(11)7-2-1-4-12-7/h2-3,5H,1,4H2. The van der Waals surface area contributed by atoms with Gasteiger partial charge in [0.25, 0.3) is 0 Å².